The molecular weight excluding hydrogens is 236 g/mol. The van der Waals surface area contributed by atoms with Gasteiger partial charge in [0, 0.05) is 25.4 Å². The Morgan fingerprint density at radius 1 is 1.56 bits per heavy atom. The predicted octanol–water partition coefficient (Wildman–Crippen LogP) is 0.618. The molecule has 2 amide bonds. The Morgan fingerprint density at radius 3 is 2.83 bits per heavy atom. The molecule has 2 unspecified atom stereocenters. The summed E-state index contributed by atoms with van der Waals surface area (Å²) in [5.74, 6) is 0. The van der Waals surface area contributed by atoms with Crippen molar-refractivity contribution in [3.05, 3.63) is 11.8 Å². The van der Waals surface area contributed by atoms with Gasteiger partial charge < -0.3 is 15.2 Å². The second-order valence-electron chi connectivity index (χ2n) is 4.26. The first-order valence-corrected chi connectivity index (χ1v) is 6.02. The van der Waals surface area contributed by atoms with Crippen LogP contribution < -0.4 is 5.32 Å². The maximum atomic E-state index is 11.7. The van der Waals surface area contributed by atoms with E-state index >= 15 is 0 Å². The van der Waals surface area contributed by atoms with Crippen molar-refractivity contribution < 1.29 is 19.4 Å². The number of carbonyl (C=O) groups is 2. The van der Waals surface area contributed by atoms with Crippen LogP contribution >= 0.6 is 0 Å². The van der Waals surface area contributed by atoms with Crippen LogP contribution in [0.25, 0.3) is 0 Å². The van der Waals surface area contributed by atoms with Gasteiger partial charge >= 0.3 is 6.03 Å². The second-order valence-corrected chi connectivity index (χ2v) is 4.26. The van der Waals surface area contributed by atoms with Crippen LogP contribution in [0.15, 0.2) is 11.8 Å². The lowest BCUT2D eigenvalue weighted by Crippen LogP contribution is -2.41. The molecule has 2 atom stereocenters. The van der Waals surface area contributed by atoms with Gasteiger partial charge in [-0.3, -0.25) is 9.69 Å². The summed E-state index contributed by atoms with van der Waals surface area (Å²) in [6.07, 6.45) is 3.82. The zero-order valence-electron chi connectivity index (χ0n) is 10.8. The van der Waals surface area contributed by atoms with Crippen molar-refractivity contribution in [1.82, 2.24) is 10.2 Å². The number of aliphatic hydroxyl groups excluding tert-OH is 1. The van der Waals surface area contributed by atoms with Crippen LogP contribution in [0.4, 0.5) is 4.79 Å². The van der Waals surface area contributed by atoms with Gasteiger partial charge in [0.2, 0.25) is 0 Å². The molecular formula is C12H20N2O4. The van der Waals surface area contributed by atoms with E-state index in [-0.39, 0.29) is 25.0 Å². The van der Waals surface area contributed by atoms with Crippen molar-refractivity contribution in [3.8, 4) is 0 Å². The first kappa shape index (κ1) is 14.7. The number of allylic oxidation sites excluding steroid dienone is 1. The lowest BCUT2D eigenvalue weighted by molar-refractivity contribution is -0.105. The van der Waals surface area contributed by atoms with Gasteiger partial charge in [0.25, 0.3) is 0 Å². The molecule has 1 aliphatic heterocycles. The Morgan fingerprint density at radius 2 is 2.28 bits per heavy atom. The summed E-state index contributed by atoms with van der Waals surface area (Å²) < 4.78 is 5.68. The molecule has 0 saturated carbocycles. The van der Waals surface area contributed by atoms with E-state index in [2.05, 4.69) is 5.32 Å². The third-order valence-corrected chi connectivity index (χ3v) is 2.82. The molecule has 0 radical (unpaired) electrons. The van der Waals surface area contributed by atoms with Gasteiger partial charge in [-0.2, -0.15) is 0 Å². The molecule has 0 aliphatic carbocycles. The molecule has 18 heavy (non-hydrogen) atoms. The molecule has 0 aromatic carbocycles. The van der Waals surface area contributed by atoms with E-state index in [4.69, 9.17) is 9.84 Å². The molecule has 0 aromatic heterocycles. The summed E-state index contributed by atoms with van der Waals surface area (Å²) in [6.45, 7) is 1.70. The maximum Gasteiger partial charge on any atom is 0.323 e. The second kappa shape index (κ2) is 7.13. The van der Waals surface area contributed by atoms with Gasteiger partial charge in [-0.25, -0.2) is 4.79 Å². The van der Waals surface area contributed by atoms with E-state index in [1.165, 1.54) is 18.1 Å². The zero-order chi connectivity index (χ0) is 13.5. The molecule has 6 heteroatoms. The fraction of sp³-hybridized carbons (Fsp3) is 0.667. The van der Waals surface area contributed by atoms with Gasteiger partial charge in [0.15, 0.2) is 0 Å². The van der Waals surface area contributed by atoms with Gasteiger partial charge in [0.05, 0.1) is 6.10 Å². The SMILES string of the molecule is CNC(=O)N(/C=C(/C)C=O)C1CCC(CCO)O1. The Bertz CT molecular complexity index is 330. The number of rotatable bonds is 5. The number of amides is 2. The van der Waals surface area contributed by atoms with Crippen molar-refractivity contribution in [3.63, 3.8) is 0 Å². The summed E-state index contributed by atoms with van der Waals surface area (Å²) >= 11 is 0. The number of aldehydes is 1. The van der Waals surface area contributed by atoms with Crippen LogP contribution in [0, 0.1) is 0 Å². The van der Waals surface area contributed by atoms with E-state index in [1.54, 1.807) is 6.92 Å². The van der Waals surface area contributed by atoms with Crippen LogP contribution in [-0.4, -0.2) is 48.3 Å². The van der Waals surface area contributed by atoms with Crippen LogP contribution in [0.2, 0.25) is 0 Å². The predicted molar refractivity (Wildman–Crippen MR) is 65.7 cm³/mol. The van der Waals surface area contributed by atoms with E-state index < -0.39 is 0 Å². The Labute approximate surface area is 107 Å². The number of hydrogen-bond donors (Lipinski definition) is 2. The smallest absolute Gasteiger partial charge is 0.323 e. The number of nitrogens with zero attached hydrogens (tertiary/aromatic N) is 1. The first-order chi connectivity index (χ1) is 8.62. The minimum absolute atomic E-state index is 0.0305. The normalized spacial score (nSPS) is 23.8. The molecule has 1 saturated heterocycles. The number of ether oxygens (including phenoxy) is 1. The average Bonchev–Trinajstić information content (AvgIpc) is 2.83. The molecule has 0 bridgehead atoms. The minimum Gasteiger partial charge on any atom is -0.396 e. The highest BCUT2D eigenvalue weighted by molar-refractivity contribution is 5.78. The molecule has 0 aromatic rings. The Kier molecular flexibility index (Phi) is 5.80. The zero-order valence-corrected chi connectivity index (χ0v) is 10.8. The minimum atomic E-state index is -0.378. The largest absolute Gasteiger partial charge is 0.396 e. The van der Waals surface area contributed by atoms with Crippen LogP contribution in [0.1, 0.15) is 26.2 Å². The van der Waals surface area contributed by atoms with Crippen molar-refractivity contribution in [2.24, 2.45) is 0 Å². The molecule has 1 rings (SSSR count). The lowest BCUT2D eigenvalue weighted by Gasteiger charge is -2.25. The molecule has 1 aliphatic rings. The van der Waals surface area contributed by atoms with Crippen LogP contribution in [0.3, 0.4) is 0 Å². The van der Waals surface area contributed by atoms with E-state index in [0.29, 0.717) is 24.7 Å². The molecule has 1 fully saturated rings. The van der Waals surface area contributed by atoms with E-state index in [1.807, 2.05) is 0 Å². The van der Waals surface area contributed by atoms with E-state index in [9.17, 15) is 9.59 Å². The molecule has 2 N–H and O–H groups in total. The number of hydrogen-bond acceptors (Lipinski definition) is 4. The van der Waals surface area contributed by atoms with Crippen molar-refractivity contribution in [1.29, 1.82) is 0 Å². The first-order valence-electron chi connectivity index (χ1n) is 6.02. The lowest BCUT2D eigenvalue weighted by atomic mass is 10.2. The number of carbonyl (C=O) groups excluding carboxylic acids is 2. The fourth-order valence-electron chi connectivity index (χ4n) is 1.90. The molecule has 102 valence electrons. The maximum absolute atomic E-state index is 11.7. The molecule has 1 heterocycles. The third kappa shape index (κ3) is 3.82. The highest BCUT2D eigenvalue weighted by atomic mass is 16.5. The summed E-state index contributed by atoms with van der Waals surface area (Å²) in [7, 11) is 1.53. The Hall–Kier alpha value is -1.40. The fourth-order valence-corrected chi connectivity index (χ4v) is 1.90. The summed E-state index contributed by atoms with van der Waals surface area (Å²) in [4.78, 5) is 23.8. The third-order valence-electron chi connectivity index (χ3n) is 2.82. The van der Waals surface area contributed by atoms with Crippen molar-refractivity contribution in [2.45, 2.75) is 38.5 Å². The standard InChI is InChI=1S/C12H20N2O4/c1-9(8-16)7-14(12(17)13-2)11-4-3-10(18-11)5-6-15/h7-8,10-11,15H,3-6H2,1-2H3,(H,13,17)/b9-7-. The average molecular weight is 256 g/mol. The van der Waals surface area contributed by atoms with Gasteiger partial charge in [-0.05, 0) is 26.2 Å². The molecule has 0 spiro atoms. The van der Waals surface area contributed by atoms with Crippen molar-refractivity contribution >= 4 is 12.3 Å². The highest BCUT2D eigenvalue weighted by Crippen LogP contribution is 2.25. The summed E-state index contributed by atoms with van der Waals surface area (Å²) in [5, 5.41) is 11.4. The van der Waals surface area contributed by atoms with Crippen molar-refractivity contribution in [2.75, 3.05) is 13.7 Å². The quantitative estimate of drug-likeness (QED) is 0.558. The monoisotopic (exact) mass is 256 g/mol. The van der Waals surface area contributed by atoms with Crippen LogP contribution in [0.5, 0.6) is 0 Å². The highest BCUT2D eigenvalue weighted by Gasteiger charge is 2.31. The Balaban J connectivity index is 2.73. The van der Waals surface area contributed by atoms with Crippen LogP contribution in [-0.2, 0) is 9.53 Å². The summed E-state index contributed by atoms with van der Waals surface area (Å²) in [5.41, 5.74) is 0.452. The molecule has 6 nitrogen and oxygen atoms in total. The van der Waals surface area contributed by atoms with Gasteiger partial charge in [-0.15, -0.1) is 0 Å². The number of urea groups is 1. The van der Waals surface area contributed by atoms with Gasteiger partial charge in [-0.1, -0.05) is 0 Å². The topological polar surface area (TPSA) is 78.9 Å². The van der Waals surface area contributed by atoms with E-state index in [0.717, 1.165) is 6.42 Å². The summed E-state index contributed by atoms with van der Waals surface area (Å²) in [6, 6.07) is -0.314. The number of aliphatic hydroxyl groups is 1. The number of nitrogens with one attached hydrogen (secondary N) is 1. The van der Waals surface area contributed by atoms with Gasteiger partial charge in [0.1, 0.15) is 12.5 Å².